The number of allylic oxidation sites excluding steroid dienone is 1. The lowest BCUT2D eigenvalue weighted by atomic mass is 9.82. The Balaban J connectivity index is 1.92. The van der Waals surface area contributed by atoms with Crippen LogP contribution in [-0.4, -0.2) is 35.0 Å². The van der Waals surface area contributed by atoms with Crippen LogP contribution in [0.15, 0.2) is 23.8 Å². The van der Waals surface area contributed by atoms with Crippen molar-refractivity contribution >= 4 is 5.97 Å². The van der Waals surface area contributed by atoms with E-state index in [1.54, 1.807) is 0 Å². The summed E-state index contributed by atoms with van der Waals surface area (Å²) < 4.78 is 11.0. The van der Waals surface area contributed by atoms with Gasteiger partial charge in [0.25, 0.3) is 0 Å². The average Bonchev–Trinajstić information content (AvgIpc) is 2.92. The highest BCUT2D eigenvalue weighted by Gasteiger charge is 2.60. The predicted octanol–water partition coefficient (Wildman–Crippen LogP) is 1.73. The van der Waals surface area contributed by atoms with Crippen molar-refractivity contribution < 1.29 is 19.4 Å². The third kappa shape index (κ3) is 2.03. The van der Waals surface area contributed by atoms with E-state index in [9.17, 15) is 9.90 Å². The van der Waals surface area contributed by atoms with Gasteiger partial charge < -0.3 is 14.6 Å². The summed E-state index contributed by atoms with van der Waals surface area (Å²) in [4.78, 5) is 11.7. The summed E-state index contributed by atoms with van der Waals surface area (Å²) in [7, 11) is 0. The average molecular weight is 264 g/mol. The normalized spacial score (nSPS) is 48.7. The van der Waals surface area contributed by atoms with Crippen molar-refractivity contribution in [2.24, 2.45) is 5.92 Å². The number of ether oxygens (including phenoxy) is 2. The fraction of sp³-hybridized carbons (Fsp3) is 0.667. The van der Waals surface area contributed by atoms with E-state index < -0.39 is 6.10 Å². The molecule has 19 heavy (non-hydrogen) atoms. The molecule has 1 aliphatic carbocycles. The van der Waals surface area contributed by atoms with Gasteiger partial charge in [0.15, 0.2) is 0 Å². The quantitative estimate of drug-likeness (QED) is 0.313. The Morgan fingerprint density at radius 2 is 2.26 bits per heavy atom. The molecule has 4 heteroatoms. The first kappa shape index (κ1) is 12.9. The first-order valence-corrected chi connectivity index (χ1v) is 6.84. The second-order valence-electron chi connectivity index (χ2n) is 6.13. The highest BCUT2D eigenvalue weighted by atomic mass is 16.6. The Morgan fingerprint density at radius 3 is 3.00 bits per heavy atom. The predicted molar refractivity (Wildman–Crippen MR) is 69.4 cm³/mol. The van der Waals surface area contributed by atoms with E-state index in [2.05, 4.69) is 12.7 Å². The summed E-state index contributed by atoms with van der Waals surface area (Å²) in [6, 6.07) is 0. The van der Waals surface area contributed by atoms with Crippen LogP contribution in [0.5, 0.6) is 0 Å². The summed E-state index contributed by atoms with van der Waals surface area (Å²) in [5, 5.41) is 10.5. The van der Waals surface area contributed by atoms with E-state index in [-0.39, 0.29) is 29.7 Å². The van der Waals surface area contributed by atoms with Crippen LogP contribution in [0.2, 0.25) is 0 Å². The molecule has 0 saturated carbocycles. The largest absolute Gasteiger partial charge is 0.458 e. The van der Waals surface area contributed by atoms with Gasteiger partial charge in [0.1, 0.15) is 12.2 Å². The number of hydrogen-bond acceptors (Lipinski definition) is 4. The molecule has 3 aliphatic rings. The van der Waals surface area contributed by atoms with Crippen molar-refractivity contribution in [3.05, 3.63) is 23.8 Å². The standard InChI is InChI=1S/C15H20O4/c1-8-5-4-6-15(3)13(19-15)12(16)11-9(2)14(17)18-10(11)7-8/h5,10-13,16H,2,4,6-7H2,1,3H3/b8-5+/t10-,11+,12-,13+,15-/m0/s1. The van der Waals surface area contributed by atoms with Crippen molar-refractivity contribution in [2.45, 2.75) is 57.0 Å². The molecule has 0 aromatic heterocycles. The highest BCUT2D eigenvalue weighted by Crippen LogP contribution is 2.48. The van der Waals surface area contributed by atoms with Crippen LogP contribution >= 0.6 is 0 Å². The molecule has 2 fully saturated rings. The number of hydrogen-bond donors (Lipinski definition) is 1. The zero-order valence-electron chi connectivity index (χ0n) is 11.4. The minimum Gasteiger partial charge on any atom is -0.458 e. The lowest BCUT2D eigenvalue weighted by molar-refractivity contribution is -0.139. The van der Waals surface area contributed by atoms with Gasteiger partial charge in [0, 0.05) is 12.0 Å². The van der Waals surface area contributed by atoms with Gasteiger partial charge in [0.2, 0.25) is 0 Å². The maximum Gasteiger partial charge on any atom is 0.334 e. The van der Waals surface area contributed by atoms with E-state index >= 15 is 0 Å². The molecule has 0 aromatic carbocycles. The topological polar surface area (TPSA) is 59.1 Å². The fourth-order valence-electron chi connectivity index (χ4n) is 3.32. The van der Waals surface area contributed by atoms with E-state index in [1.807, 2.05) is 13.8 Å². The Morgan fingerprint density at radius 1 is 1.53 bits per heavy atom. The molecule has 0 bridgehead atoms. The third-order valence-corrected chi connectivity index (χ3v) is 4.60. The number of rotatable bonds is 0. The molecular weight excluding hydrogens is 244 g/mol. The number of aliphatic hydroxyl groups excluding tert-OH is 1. The second-order valence-corrected chi connectivity index (χ2v) is 6.13. The maximum absolute atomic E-state index is 11.7. The number of carbonyl (C=O) groups is 1. The zero-order valence-corrected chi connectivity index (χ0v) is 11.4. The van der Waals surface area contributed by atoms with Crippen LogP contribution in [0, 0.1) is 5.92 Å². The molecule has 5 atom stereocenters. The summed E-state index contributed by atoms with van der Waals surface area (Å²) in [5.74, 6) is -0.732. The van der Waals surface area contributed by atoms with Crippen molar-refractivity contribution in [3.63, 3.8) is 0 Å². The van der Waals surface area contributed by atoms with Gasteiger partial charge in [-0.2, -0.15) is 0 Å². The number of carbonyl (C=O) groups excluding carboxylic acids is 1. The first-order valence-electron chi connectivity index (χ1n) is 6.84. The minimum atomic E-state index is -0.708. The molecule has 0 aromatic rings. The molecule has 0 amide bonds. The van der Waals surface area contributed by atoms with Crippen LogP contribution in [0.4, 0.5) is 0 Å². The number of esters is 1. The second kappa shape index (κ2) is 4.18. The van der Waals surface area contributed by atoms with Gasteiger partial charge in [-0.05, 0) is 26.7 Å². The van der Waals surface area contributed by atoms with Gasteiger partial charge in [-0.3, -0.25) is 0 Å². The summed E-state index contributed by atoms with van der Waals surface area (Å²) in [5.41, 5.74) is 1.29. The number of epoxide rings is 1. The van der Waals surface area contributed by atoms with Crippen LogP contribution in [0.25, 0.3) is 0 Å². The molecule has 0 radical (unpaired) electrons. The van der Waals surface area contributed by atoms with Crippen molar-refractivity contribution in [2.75, 3.05) is 0 Å². The summed E-state index contributed by atoms with van der Waals surface area (Å²) in [6.45, 7) is 7.84. The Labute approximate surface area is 113 Å². The van der Waals surface area contributed by atoms with Crippen LogP contribution < -0.4 is 0 Å². The Hall–Kier alpha value is -1.13. The molecule has 2 aliphatic heterocycles. The SMILES string of the molecule is C=C1C(=O)O[C@H]2C/C(C)=C/CC[C@]3(C)O[C@@H]3[C@@H](O)[C@H]12. The highest BCUT2D eigenvalue weighted by molar-refractivity contribution is 5.91. The van der Waals surface area contributed by atoms with Gasteiger partial charge in [-0.15, -0.1) is 0 Å². The molecule has 2 heterocycles. The summed E-state index contributed by atoms with van der Waals surface area (Å²) in [6.07, 6.45) is 3.43. The zero-order chi connectivity index (χ0) is 13.8. The maximum atomic E-state index is 11.7. The monoisotopic (exact) mass is 264 g/mol. The van der Waals surface area contributed by atoms with E-state index in [0.29, 0.717) is 12.0 Å². The first-order chi connectivity index (χ1) is 8.92. The molecule has 104 valence electrons. The fourth-order valence-corrected chi connectivity index (χ4v) is 3.32. The van der Waals surface area contributed by atoms with E-state index in [0.717, 1.165) is 12.8 Å². The van der Waals surface area contributed by atoms with Crippen LogP contribution in [0.1, 0.15) is 33.1 Å². The molecule has 3 rings (SSSR count). The van der Waals surface area contributed by atoms with Gasteiger partial charge >= 0.3 is 5.97 Å². The van der Waals surface area contributed by atoms with E-state index in [4.69, 9.17) is 9.47 Å². The lowest BCUT2D eigenvalue weighted by Crippen LogP contribution is -2.36. The number of aliphatic hydroxyl groups is 1. The van der Waals surface area contributed by atoms with Gasteiger partial charge in [-0.1, -0.05) is 18.2 Å². The molecule has 4 nitrogen and oxygen atoms in total. The van der Waals surface area contributed by atoms with E-state index in [1.165, 1.54) is 5.57 Å². The molecule has 0 unspecified atom stereocenters. The van der Waals surface area contributed by atoms with Crippen molar-refractivity contribution in [1.82, 2.24) is 0 Å². The smallest absolute Gasteiger partial charge is 0.334 e. The van der Waals surface area contributed by atoms with Gasteiger partial charge in [0.05, 0.1) is 17.6 Å². The Bertz CT molecular complexity index is 467. The Kier molecular flexibility index (Phi) is 2.84. The van der Waals surface area contributed by atoms with Crippen molar-refractivity contribution in [3.8, 4) is 0 Å². The number of fused-ring (bicyclic) bond motifs is 2. The molecule has 0 spiro atoms. The van der Waals surface area contributed by atoms with Gasteiger partial charge in [-0.25, -0.2) is 4.79 Å². The molecule has 2 saturated heterocycles. The van der Waals surface area contributed by atoms with Crippen molar-refractivity contribution in [1.29, 1.82) is 0 Å². The van der Waals surface area contributed by atoms with Crippen LogP contribution in [0.3, 0.4) is 0 Å². The molecule has 1 N–H and O–H groups in total. The summed E-state index contributed by atoms with van der Waals surface area (Å²) >= 11 is 0. The molecular formula is C15H20O4. The minimum absolute atomic E-state index is 0.210. The third-order valence-electron chi connectivity index (χ3n) is 4.60. The lowest BCUT2D eigenvalue weighted by Gasteiger charge is -2.24. The van der Waals surface area contributed by atoms with Crippen LogP contribution in [-0.2, 0) is 14.3 Å².